The van der Waals surface area contributed by atoms with Crippen LogP contribution in [0.3, 0.4) is 0 Å². The van der Waals surface area contributed by atoms with E-state index in [0.717, 1.165) is 5.57 Å². The lowest BCUT2D eigenvalue weighted by molar-refractivity contribution is -0.173. The van der Waals surface area contributed by atoms with E-state index in [1.807, 2.05) is 31.4 Å². The van der Waals surface area contributed by atoms with Gasteiger partial charge in [-0.1, -0.05) is 6.08 Å². The summed E-state index contributed by atoms with van der Waals surface area (Å²) in [4.78, 5) is 16.7. The number of nitrogen functional groups attached to an aromatic ring is 1. The van der Waals surface area contributed by atoms with E-state index in [-0.39, 0.29) is 18.9 Å². The van der Waals surface area contributed by atoms with Gasteiger partial charge in [0.05, 0.1) is 12.3 Å². The van der Waals surface area contributed by atoms with Crippen molar-refractivity contribution in [2.24, 2.45) is 10.7 Å². The number of anilines is 1. The highest BCUT2D eigenvalue weighted by molar-refractivity contribution is 6.56. The van der Waals surface area contributed by atoms with Crippen molar-refractivity contribution in [2.75, 3.05) is 25.9 Å². The zero-order chi connectivity index (χ0) is 21.5. The summed E-state index contributed by atoms with van der Waals surface area (Å²) >= 11 is 0. The Morgan fingerprint density at radius 3 is 2.93 bits per heavy atom. The Balaban J connectivity index is 1.54. The minimum Gasteiger partial charge on any atom is -0.404 e. The van der Waals surface area contributed by atoms with Crippen molar-refractivity contribution in [1.29, 1.82) is 0 Å². The molecule has 3 unspecified atom stereocenters. The van der Waals surface area contributed by atoms with Gasteiger partial charge in [0, 0.05) is 25.7 Å². The first-order chi connectivity index (χ1) is 14.3. The number of nitrogens with two attached hydrogens (primary N) is 2. The molecular formula is C18H27BN8O3. The van der Waals surface area contributed by atoms with Gasteiger partial charge in [0.2, 0.25) is 0 Å². The van der Waals surface area contributed by atoms with Gasteiger partial charge in [0.15, 0.2) is 17.7 Å². The van der Waals surface area contributed by atoms with Gasteiger partial charge in [0.25, 0.3) is 0 Å². The number of aliphatic imine (C=N–C) groups is 1. The maximum atomic E-state index is 6.34. The van der Waals surface area contributed by atoms with Crippen molar-refractivity contribution >= 4 is 29.7 Å². The topological polar surface area (TPSA) is 148 Å². The maximum absolute atomic E-state index is 6.34. The van der Waals surface area contributed by atoms with Gasteiger partial charge in [-0.3, -0.25) is 9.56 Å². The molecule has 0 aliphatic carbocycles. The highest BCUT2D eigenvalue weighted by Crippen LogP contribution is 2.41. The summed E-state index contributed by atoms with van der Waals surface area (Å²) in [5.41, 5.74) is 13.9. The van der Waals surface area contributed by atoms with E-state index < -0.39 is 12.0 Å². The molecule has 2 aliphatic heterocycles. The Labute approximate surface area is 175 Å². The lowest BCUT2D eigenvalue weighted by Gasteiger charge is -2.26. The molecule has 0 radical (unpaired) electrons. The van der Waals surface area contributed by atoms with Crippen LogP contribution in [0.1, 0.15) is 27.0 Å². The molecule has 5 N–H and O–H groups in total. The number of aromatic nitrogens is 4. The molecule has 11 nitrogen and oxygen atoms in total. The van der Waals surface area contributed by atoms with Crippen LogP contribution >= 0.6 is 0 Å². The molecule has 2 fully saturated rings. The van der Waals surface area contributed by atoms with Gasteiger partial charge in [-0.05, 0) is 20.8 Å². The molecule has 4 heterocycles. The second-order valence-electron chi connectivity index (χ2n) is 7.77. The van der Waals surface area contributed by atoms with E-state index >= 15 is 0 Å². The number of amidine groups is 1. The number of fused-ring (bicyclic) bond motifs is 2. The number of imidazole rings is 1. The number of nitrogens with one attached hydrogen (secondary N) is 1. The Hall–Kier alpha value is -2.54. The van der Waals surface area contributed by atoms with Gasteiger partial charge in [-0.15, -0.1) is 0 Å². The summed E-state index contributed by atoms with van der Waals surface area (Å²) in [7, 11) is 1.67. The smallest absolute Gasteiger partial charge is 0.361 e. The van der Waals surface area contributed by atoms with Crippen LogP contribution in [0.25, 0.3) is 11.2 Å². The number of nitrogens with zero attached hydrogens (tertiary/aromatic N) is 5. The van der Waals surface area contributed by atoms with E-state index in [2.05, 4.69) is 25.3 Å². The highest BCUT2D eigenvalue weighted by Gasteiger charge is 2.59. The third-order valence-electron chi connectivity index (χ3n) is 5.37. The van der Waals surface area contributed by atoms with Crippen LogP contribution in [0.5, 0.6) is 0 Å². The number of rotatable bonds is 6. The zero-order valence-corrected chi connectivity index (χ0v) is 17.6. The largest absolute Gasteiger partial charge is 0.404 e. The van der Waals surface area contributed by atoms with Crippen LogP contribution in [-0.4, -0.2) is 70.2 Å². The molecule has 12 heteroatoms. The lowest BCUT2D eigenvalue weighted by atomic mass is 9.58. The van der Waals surface area contributed by atoms with Gasteiger partial charge in [-0.2, -0.15) is 0 Å². The van der Waals surface area contributed by atoms with Crippen LogP contribution in [-0.2, 0) is 14.1 Å². The standard InChI is InChI=1S/C18H27BN8O3/c1-5-10(14(20)22-4)6-23-7-11-19-13(29-18(2,3)30-19)17(28-11)27-9-26-12-15(21)24-8-25-16(12)27/h5,8-9,11,13,17,23H,6-7H2,1-4H3,(H2,20,22)(H2,21,24,25)/b10-5-. The predicted octanol–water partition coefficient (Wildman–Crippen LogP) is 0.0502. The van der Waals surface area contributed by atoms with Crippen LogP contribution in [0.2, 0.25) is 0 Å². The van der Waals surface area contributed by atoms with E-state index in [4.69, 9.17) is 25.6 Å². The van der Waals surface area contributed by atoms with Crippen molar-refractivity contribution in [1.82, 2.24) is 24.8 Å². The van der Waals surface area contributed by atoms with Crippen molar-refractivity contribution in [3.8, 4) is 0 Å². The van der Waals surface area contributed by atoms with Gasteiger partial charge in [0.1, 0.15) is 29.5 Å². The molecule has 0 aromatic carbocycles. The molecule has 2 aliphatic rings. The molecule has 2 aromatic heterocycles. The Bertz CT molecular complexity index is 991. The van der Waals surface area contributed by atoms with E-state index in [1.54, 1.807) is 13.4 Å². The second-order valence-corrected chi connectivity index (χ2v) is 7.77. The van der Waals surface area contributed by atoms with Crippen molar-refractivity contribution in [3.05, 3.63) is 24.3 Å². The van der Waals surface area contributed by atoms with Gasteiger partial charge >= 0.3 is 6.92 Å². The molecule has 160 valence electrons. The summed E-state index contributed by atoms with van der Waals surface area (Å²) in [5, 5.41) is 3.39. The normalized spacial score (nSPS) is 26.5. The molecule has 0 spiro atoms. The molecule has 2 aromatic rings. The van der Waals surface area contributed by atoms with Crippen LogP contribution < -0.4 is 16.8 Å². The fourth-order valence-electron chi connectivity index (χ4n) is 3.94. The number of hydrogen-bond donors (Lipinski definition) is 3. The summed E-state index contributed by atoms with van der Waals surface area (Å²) in [5.74, 6) is 0.120. The summed E-state index contributed by atoms with van der Waals surface area (Å²) in [6.07, 6.45) is 4.55. The molecule has 3 atom stereocenters. The fourth-order valence-corrected chi connectivity index (χ4v) is 3.94. The van der Waals surface area contributed by atoms with E-state index in [9.17, 15) is 0 Å². The third-order valence-corrected chi connectivity index (χ3v) is 5.37. The number of ether oxygens (including phenoxy) is 2. The zero-order valence-electron chi connectivity index (χ0n) is 17.6. The van der Waals surface area contributed by atoms with Crippen molar-refractivity contribution in [2.45, 2.75) is 44.8 Å². The minimum atomic E-state index is -0.714. The first-order valence-electron chi connectivity index (χ1n) is 9.87. The summed E-state index contributed by atoms with van der Waals surface area (Å²) < 4.78 is 20.5. The molecule has 0 bridgehead atoms. The van der Waals surface area contributed by atoms with Crippen LogP contribution in [0.15, 0.2) is 29.3 Å². The van der Waals surface area contributed by atoms with Crippen LogP contribution in [0.4, 0.5) is 5.82 Å². The maximum Gasteiger partial charge on any atom is 0.361 e. The molecule has 2 saturated heterocycles. The van der Waals surface area contributed by atoms with E-state index in [0.29, 0.717) is 35.9 Å². The van der Waals surface area contributed by atoms with Gasteiger partial charge < -0.3 is 30.9 Å². The Morgan fingerprint density at radius 2 is 2.20 bits per heavy atom. The lowest BCUT2D eigenvalue weighted by Crippen LogP contribution is -2.42. The van der Waals surface area contributed by atoms with Crippen molar-refractivity contribution in [3.63, 3.8) is 0 Å². The summed E-state index contributed by atoms with van der Waals surface area (Å²) in [6, 6.07) is -0.555. The monoisotopic (exact) mass is 414 g/mol. The first-order valence-corrected chi connectivity index (χ1v) is 9.87. The van der Waals surface area contributed by atoms with Crippen molar-refractivity contribution < 1.29 is 14.1 Å². The first kappa shape index (κ1) is 20.7. The molecular weight excluding hydrogens is 387 g/mol. The highest BCUT2D eigenvalue weighted by atomic mass is 16.7. The molecule has 0 saturated carbocycles. The van der Waals surface area contributed by atoms with E-state index in [1.165, 1.54) is 6.33 Å². The molecule has 4 rings (SSSR count). The van der Waals surface area contributed by atoms with Crippen LogP contribution in [0, 0.1) is 0 Å². The molecule has 30 heavy (non-hydrogen) atoms. The fraction of sp³-hybridized carbons (Fsp3) is 0.556. The average Bonchev–Trinajstić information content (AvgIpc) is 3.36. The molecule has 0 amide bonds. The Morgan fingerprint density at radius 1 is 1.40 bits per heavy atom. The quantitative estimate of drug-likeness (QED) is 0.339. The second kappa shape index (κ2) is 7.95. The Kier molecular flexibility index (Phi) is 5.49. The minimum absolute atomic E-state index is 0.240. The SMILES string of the molecule is C/C=C(/CNCC1OC(n2cnc3c(N)ncnc32)C2OC(C)(C)OB12)C(N)=NC. The number of hydrogen-bond acceptors (Lipinski definition) is 9. The van der Waals surface area contributed by atoms with Gasteiger partial charge in [-0.25, -0.2) is 15.0 Å². The summed E-state index contributed by atoms with van der Waals surface area (Å²) in [6.45, 7) is 6.60. The number of allylic oxidation sites excluding steroid dienone is 1. The third kappa shape index (κ3) is 3.67. The average molecular weight is 414 g/mol. The predicted molar refractivity (Wildman–Crippen MR) is 114 cm³/mol.